The minimum Gasteiger partial charge on any atom is -0.373 e. The minimum absolute atomic E-state index is 0.758. The van der Waals surface area contributed by atoms with Gasteiger partial charge in [-0.1, -0.05) is 0 Å². The molecule has 0 atom stereocenters. The molecule has 0 unspecified atom stereocenters. The van der Waals surface area contributed by atoms with Crippen LogP contribution in [-0.4, -0.2) is 27.0 Å². The molecule has 1 N–H and O–H groups in total. The summed E-state index contributed by atoms with van der Waals surface area (Å²) in [7, 11) is 1.83. The molecule has 0 spiro atoms. The number of nitrogens with zero attached hydrogens (tertiary/aromatic N) is 4. The summed E-state index contributed by atoms with van der Waals surface area (Å²) in [6.45, 7) is 1.95. The molecule has 0 fully saturated rings. The number of anilines is 1. The number of aromatic nitrogens is 4. The third-order valence-electron chi connectivity index (χ3n) is 2.13. The molecule has 0 bridgehead atoms. The van der Waals surface area contributed by atoms with Crippen molar-refractivity contribution < 1.29 is 0 Å². The number of hydrogen-bond acceptors (Lipinski definition) is 5. The molecule has 2 aromatic rings. The number of rotatable bonds is 2. The molecule has 0 aliphatic carbocycles. The Morgan fingerprint density at radius 3 is 2.67 bits per heavy atom. The Bertz CT molecular complexity index is 455. The SMILES string of the molecule is CNc1ncnc(-c2cnccn2)c1C. The summed E-state index contributed by atoms with van der Waals surface area (Å²) in [5.41, 5.74) is 2.54. The molecule has 0 aliphatic rings. The zero-order chi connectivity index (χ0) is 10.7. The van der Waals surface area contributed by atoms with Gasteiger partial charge in [-0.15, -0.1) is 0 Å². The van der Waals surface area contributed by atoms with Gasteiger partial charge in [0.15, 0.2) is 0 Å². The number of hydrogen-bond donors (Lipinski definition) is 1. The standard InChI is InChI=1S/C10H11N5/c1-7-9(8-5-12-3-4-13-8)14-6-15-10(7)11-2/h3-6H,1-2H3,(H,11,14,15). The highest BCUT2D eigenvalue weighted by atomic mass is 15.0. The van der Waals surface area contributed by atoms with E-state index in [0.29, 0.717) is 0 Å². The minimum atomic E-state index is 0.758. The van der Waals surface area contributed by atoms with E-state index in [2.05, 4.69) is 25.3 Å². The first kappa shape index (κ1) is 9.51. The Kier molecular flexibility index (Phi) is 2.53. The summed E-state index contributed by atoms with van der Waals surface area (Å²) >= 11 is 0. The zero-order valence-electron chi connectivity index (χ0n) is 8.60. The van der Waals surface area contributed by atoms with Gasteiger partial charge in [0.1, 0.15) is 17.8 Å². The molecule has 2 rings (SSSR count). The Hall–Kier alpha value is -2.04. The lowest BCUT2D eigenvalue weighted by atomic mass is 10.2. The second-order valence-corrected chi connectivity index (χ2v) is 3.04. The van der Waals surface area contributed by atoms with Crippen molar-refractivity contribution in [3.63, 3.8) is 0 Å². The van der Waals surface area contributed by atoms with Gasteiger partial charge in [-0.25, -0.2) is 9.97 Å². The van der Waals surface area contributed by atoms with Crippen molar-refractivity contribution >= 4 is 5.82 Å². The molecule has 0 amide bonds. The summed E-state index contributed by atoms with van der Waals surface area (Å²) in [5.74, 6) is 0.811. The summed E-state index contributed by atoms with van der Waals surface area (Å²) in [4.78, 5) is 16.5. The van der Waals surface area contributed by atoms with Gasteiger partial charge in [-0.2, -0.15) is 0 Å². The zero-order valence-corrected chi connectivity index (χ0v) is 8.60. The van der Waals surface area contributed by atoms with Crippen molar-refractivity contribution in [2.75, 3.05) is 12.4 Å². The van der Waals surface area contributed by atoms with Crippen LogP contribution in [0.15, 0.2) is 24.9 Å². The van der Waals surface area contributed by atoms with E-state index < -0.39 is 0 Å². The van der Waals surface area contributed by atoms with Crippen LogP contribution < -0.4 is 5.32 Å². The molecule has 0 aromatic carbocycles. The number of nitrogens with one attached hydrogen (secondary N) is 1. The first-order chi connectivity index (χ1) is 7.33. The third-order valence-corrected chi connectivity index (χ3v) is 2.13. The largest absolute Gasteiger partial charge is 0.373 e. The van der Waals surface area contributed by atoms with Crippen LogP contribution in [0.3, 0.4) is 0 Å². The van der Waals surface area contributed by atoms with E-state index in [4.69, 9.17) is 0 Å². The van der Waals surface area contributed by atoms with Crippen LogP contribution in [-0.2, 0) is 0 Å². The van der Waals surface area contributed by atoms with E-state index in [1.165, 1.54) is 6.33 Å². The molecular weight excluding hydrogens is 190 g/mol. The highest BCUT2D eigenvalue weighted by Crippen LogP contribution is 2.21. The highest BCUT2D eigenvalue weighted by molar-refractivity contribution is 5.63. The third kappa shape index (κ3) is 1.76. The predicted molar refractivity (Wildman–Crippen MR) is 57.3 cm³/mol. The van der Waals surface area contributed by atoms with Crippen molar-refractivity contribution in [3.05, 3.63) is 30.5 Å². The maximum absolute atomic E-state index is 4.20. The second kappa shape index (κ2) is 4.00. The second-order valence-electron chi connectivity index (χ2n) is 3.04. The van der Waals surface area contributed by atoms with Crippen LogP contribution in [0.25, 0.3) is 11.4 Å². The summed E-state index contributed by atoms with van der Waals surface area (Å²) in [6.07, 6.45) is 6.49. The van der Waals surface area contributed by atoms with Gasteiger partial charge in [0.2, 0.25) is 0 Å². The smallest absolute Gasteiger partial charge is 0.132 e. The van der Waals surface area contributed by atoms with E-state index in [1.807, 2.05) is 14.0 Å². The molecule has 0 saturated heterocycles. The lowest BCUT2D eigenvalue weighted by molar-refractivity contribution is 1.10. The van der Waals surface area contributed by atoms with Gasteiger partial charge in [0.05, 0.1) is 11.9 Å². The van der Waals surface area contributed by atoms with Crippen molar-refractivity contribution in [3.8, 4) is 11.4 Å². The molecule has 0 saturated carbocycles. The van der Waals surface area contributed by atoms with Crippen molar-refractivity contribution in [2.24, 2.45) is 0 Å². The first-order valence-corrected chi connectivity index (χ1v) is 4.58. The lowest BCUT2D eigenvalue weighted by Crippen LogP contribution is -2.00. The fourth-order valence-electron chi connectivity index (χ4n) is 1.38. The van der Waals surface area contributed by atoms with Crippen molar-refractivity contribution in [1.82, 2.24) is 19.9 Å². The molecule has 0 aliphatic heterocycles. The van der Waals surface area contributed by atoms with E-state index in [0.717, 1.165) is 22.8 Å². The summed E-state index contributed by atoms with van der Waals surface area (Å²) in [5, 5.41) is 3.01. The molecule has 5 heteroatoms. The van der Waals surface area contributed by atoms with Gasteiger partial charge in [0.25, 0.3) is 0 Å². The molecule has 5 nitrogen and oxygen atoms in total. The lowest BCUT2D eigenvalue weighted by Gasteiger charge is -2.07. The van der Waals surface area contributed by atoms with Gasteiger partial charge in [-0.3, -0.25) is 9.97 Å². The van der Waals surface area contributed by atoms with E-state index >= 15 is 0 Å². The molecular formula is C10H11N5. The van der Waals surface area contributed by atoms with Crippen LogP contribution in [0, 0.1) is 6.92 Å². The molecule has 76 valence electrons. The maximum Gasteiger partial charge on any atom is 0.132 e. The predicted octanol–water partition coefficient (Wildman–Crippen LogP) is 1.28. The quantitative estimate of drug-likeness (QED) is 0.793. The van der Waals surface area contributed by atoms with E-state index in [1.54, 1.807) is 18.6 Å². The molecule has 0 radical (unpaired) electrons. The average Bonchev–Trinajstić information content (AvgIpc) is 2.30. The van der Waals surface area contributed by atoms with Crippen LogP contribution >= 0.6 is 0 Å². The fourth-order valence-corrected chi connectivity index (χ4v) is 1.38. The monoisotopic (exact) mass is 201 g/mol. The van der Waals surface area contributed by atoms with Crippen molar-refractivity contribution in [2.45, 2.75) is 6.92 Å². The van der Waals surface area contributed by atoms with Crippen LogP contribution in [0.1, 0.15) is 5.56 Å². The first-order valence-electron chi connectivity index (χ1n) is 4.58. The molecule has 15 heavy (non-hydrogen) atoms. The van der Waals surface area contributed by atoms with Gasteiger partial charge < -0.3 is 5.32 Å². The maximum atomic E-state index is 4.20. The van der Waals surface area contributed by atoms with Gasteiger partial charge in [-0.05, 0) is 6.92 Å². The summed E-state index contributed by atoms with van der Waals surface area (Å²) in [6, 6.07) is 0. The molecule has 2 heterocycles. The topological polar surface area (TPSA) is 63.6 Å². The Morgan fingerprint density at radius 2 is 2.00 bits per heavy atom. The Labute approximate surface area is 87.6 Å². The normalized spacial score (nSPS) is 10.0. The van der Waals surface area contributed by atoms with Crippen molar-refractivity contribution in [1.29, 1.82) is 0 Å². The van der Waals surface area contributed by atoms with Crippen LogP contribution in [0.5, 0.6) is 0 Å². The Morgan fingerprint density at radius 1 is 1.13 bits per heavy atom. The van der Waals surface area contributed by atoms with Crippen LogP contribution in [0.2, 0.25) is 0 Å². The van der Waals surface area contributed by atoms with Gasteiger partial charge in [0, 0.05) is 25.0 Å². The fraction of sp³-hybridized carbons (Fsp3) is 0.200. The average molecular weight is 201 g/mol. The highest BCUT2D eigenvalue weighted by Gasteiger charge is 2.08. The van der Waals surface area contributed by atoms with E-state index in [-0.39, 0.29) is 0 Å². The van der Waals surface area contributed by atoms with Crippen LogP contribution in [0.4, 0.5) is 5.82 Å². The Balaban J connectivity index is 2.54. The van der Waals surface area contributed by atoms with E-state index in [9.17, 15) is 0 Å². The molecule has 2 aromatic heterocycles. The van der Waals surface area contributed by atoms with Gasteiger partial charge >= 0.3 is 0 Å². The summed E-state index contributed by atoms with van der Waals surface area (Å²) < 4.78 is 0.